The van der Waals surface area contributed by atoms with Crippen LogP contribution in [-0.4, -0.2) is 71.4 Å². The van der Waals surface area contributed by atoms with Crippen LogP contribution in [-0.2, 0) is 4.52 Å². The Hall–Kier alpha value is 0.0700. The van der Waals surface area contributed by atoms with E-state index in [1.165, 1.54) is 6.92 Å². The third kappa shape index (κ3) is 5.98. The van der Waals surface area contributed by atoms with Gasteiger partial charge in [-0.25, -0.2) is 0 Å². The second kappa shape index (κ2) is 6.86. The van der Waals surface area contributed by atoms with E-state index < -0.39 is 45.3 Å². The summed E-state index contributed by atoms with van der Waals surface area (Å²) in [6.45, 7) is 0.900. The monoisotopic (exact) mass is 278 g/mol. The Kier molecular flexibility index (Phi) is 6.89. The van der Waals surface area contributed by atoms with Crippen LogP contribution in [0.5, 0.6) is 0 Å². The van der Waals surface area contributed by atoms with Gasteiger partial charge in [0.05, 0.1) is 0 Å². The number of rotatable bonds is 7. The molecule has 0 saturated carbocycles. The first-order valence-electron chi connectivity index (χ1n) is 4.78. The van der Waals surface area contributed by atoms with Gasteiger partial charge in [-0.1, -0.05) is 0 Å². The fourth-order valence-corrected chi connectivity index (χ4v) is 1.51. The van der Waals surface area contributed by atoms with Gasteiger partial charge in [0, 0.05) is 0 Å². The van der Waals surface area contributed by atoms with Crippen molar-refractivity contribution in [3.8, 4) is 0 Å². The summed E-state index contributed by atoms with van der Waals surface area (Å²) in [5, 5.41) is 45.8. The zero-order valence-electron chi connectivity index (χ0n) is 9.08. The first kappa shape index (κ1) is 17.1. The van der Waals surface area contributed by atoms with Crippen LogP contribution in [0.3, 0.4) is 0 Å². The fourth-order valence-electron chi connectivity index (χ4n) is 1.05. The van der Waals surface area contributed by atoms with Gasteiger partial charge in [0.1, 0.15) is 0 Å². The number of aliphatic hydroxyl groups is 5. The van der Waals surface area contributed by atoms with Gasteiger partial charge in [-0.3, -0.25) is 0 Å². The van der Waals surface area contributed by atoms with E-state index in [1.807, 2.05) is 0 Å². The molecule has 9 nitrogen and oxygen atoms in total. The quantitative estimate of drug-likeness (QED) is 0.173. The summed E-state index contributed by atoms with van der Waals surface area (Å²) >= 11 is 0. The van der Waals surface area contributed by atoms with Gasteiger partial charge in [-0.15, -0.1) is 0 Å². The van der Waals surface area contributed by atoms with Crippen molar-refractivity contribution in [1.29, 1.82) is 0 Å². The summed E-state index contributed by atoms with van der Waals surface area (Å²) in [6.07, 6.45) is -7.85. The van der Waals surface area contributed by atoms with Crippen molar-refractivity contribution >= 4 is 8.17 Å². The minimum absolute atomic E-state index is 0.472. The van der Waals surface area contributed by atoms with Gasteiger partial charge >= 0.3 is 97.0 Å². The maximum atomic E-state index is 9.39. The molecular weight excluding hydrogens is 259 g/mol. The predicted molar refractivity (Wildman–Crippen MR) is 56.3 cm³/mol. The summed E-state index contributed by atoms with van der Waals surface area (Å²) in [7, 11) is -5.05. The second-order valence-corrected chi connectivity index (χ2v) is 5.10. The van der Waals surface area contributed by atoms with E-state index in [4.69, 9.17) is 24.9 Å². The molecule has 106 valence electrons. The van der Waals surface area contributed by atoms with Crippen LogP contribution in [0.1, 0.15) is 6.92 Å². The molecule has 0 aliphatic carbocycles. The Bertz CT molecular complexity index is 220. The van der Waals surface area contributed by atoms with E-state index in [-0.39, 0.29) is 0 Å². The SMILES string of the molecule is CC(CO)[C@@H](O)C(O)C(O)[C@H](O)O[PH](O)(O)O. The maximum absolute atomic E-state index is 9.39. The van der Waals surface area contributed by atoms with Gasteiger partial charge in [0.15, 0.2) is 0 Å². The van der Waals surface area contributed by atoms with Gasteiger partial charge in [0.2, 0.25) is 0 Å². The molecule has 5 atom stereocenters. The molecule has 0 aliphatic rings. The van der Waals surface area contributed by atoms with Crippen LogP contribution in [0.2, 0.25) is 0 Å². The molecule has 0 radical (unpaired) electrons. The van der Waals surface area contributed by atoms with Gasteiger partial charge in [0.25, 0.3) is 0 Å². The molecule has 10 heteroatoms. The average Bonchev–Trinajstić information content (AvgIpc) is 2.22. The van der Waals surface area contributed by atoms with Gasteiger partial charge in [-0.2, -0.15) is 0 Å². The van der Waals surface area contributed by atoms with Crippen LogP contribution in [0.15, 0.2) is 0 Å². The summed E-state index contributed by atoms with van der Waals surface area (Å²) in [5.41, 5.74) is 0. The van der Waals surface area contributed by atoms with Crippen LogP contribution >= 0.6 is 8.17 Å². The Morgan fingerprint density at radius 3 is 1.76 bits per heavy atom. The van der Waals surface area contributed by atoms with Crippen LogP contribution in [0, 0.1) is 5.92 Å². The summed E-state index contributed by atoms with van der Waals surface area (Å²) in [4.78, 5) is 25.5. The van der Waals surface area contributed by atoms with E-state index in [9.17, 15) is 15.3 Å². The molecule has 0 spiro atoms. The standard InChI is InChI=1S/C7H19O9P/c1-3(2-8)4(9)5(10)6(11)7(12)16-17(13,14)15/h3-15,17H,2H2,1H3/t3?,4-,5?,6?,7-/m1/s1. The Morgan fingerprint density at radius 1 is 0.941 bits per heavy atom. The summed E-state index contributed by atoms with van der Waals surface area (Å²) < 4.78 is 3.86. The van der Waals surface area contributed by atoms with Crippen molar-refractivity contribution in [2.24, 2.45) is 5.92 Å². The number of aliphatic hydroxyl groups excluding tert-OH is 5. The zero-order chi connectivity index (χ0) is 13.8. The van der Waals surface area contributed by atoms with Crippen molar-refractivity contribution in [2.75, 3.05) is 6.61 Å². The van der Waals surface area contributed by atoms with E-state index in [0.717, 1.165) is 0 Å². The molecule has 0 aromatic heterocycles. The first-order valence-corrected chi connectivity index (χ1v) is 6.53. The predicted octanol–water partition coefficient (Wildman–Crippen LogP) is -3.58. The number of hydrogen-bond acceptors (Lipinski definition) is 9. The average molecular weight is 278 g/mol. The normalized spacial score (nSPS) is 22.6. The van der Waals surface area contributed by atoms with Crippen LogP contribution in [0.25, 0.3) is 0 Å². The molecule has 17 heavy (non-hydrogen) atoms. The second-order valence-electron chi connectivity index (χ2n) is 3.71. The molecule has 0 saturated heterocycles. The van der Waals surface area contributed by atoms with Crippen molar-refractivity contribution in [2.45, 2.75) is 31.5 Å². The number of hydrogen-bond donors (Lipinski definition) is 8. The van der Waals surface area contributed by atoms with Crippen molar-refractivity contribution in [3.63, 3.8) is 0 Å². The fraction of sp³-hybridized carbons (Fsp3) is 1.00. The molecule has 0 fully saturated rings. The minimum atomic E-state index is -5.05. The summed E-state index contributed by atoms with van der Waals surface area (Å²) in [5.74, 6) is -0.786. The Morgan fingerprint density at radius 2 is 1.41 bits per heavy atom. The molecule has 0 amide bonds. The Balaban J connectivity index is 4.43. The third-order valence-corrected chi connectivity index (χ3v) is 2.70. The molecule has 0 rings (SSSR count). The molecule has 0 aromatic rings. The van der Waals surface area contributed by atoms with E-state index >= 15 is 0 Å². The molecule has 0 heterocycles. The van der Waals surface area contributed by atoms with E-state index in [2.05, 4.69) is 4.52 Å². The summed E-state index contributed by atoms with van der Waals surface area (Å²) in [6, 6.07) is 0. The van der Waals surface area contributed by atoms with E-state index in [1.54, 1.807) is 0 Å². The van der Waals surface area contributed by atoms with Gasteiger partial charge < -0.3 is 0 Å². The topological polar surface area (TPSA) is 171 Å². The third-order valence-electron chi connectivity index (χ3n) is 2.14. The molecule has 0 aromatic carbocycles. The first-order chi connectivity index (χ1) is 7.60. The van der Waals surface area contributed by atoms with Crippen molar-refractivity contribution in [3.05, 3.63) is 0 Å². The van der Waals surface area contributed by atoms with E-state index in [0.29, 0.717) is 0 Å². The molecular formula is C7H19O9P. The van der Waals surface area contributed by atoms with Crippen LogP contribution < -0.4 is 0 Å². The molecule has 0 aliphatic heterocycles. The van der Waals surface area contributed by atoms with Crippen molar-refractivity contribution in [1.82, 2.24) is 0 Å². The zero-order valence-corrected chi connectivity index (χ0v) is 10.1. The Labute approximate surface area is 97.8 Å². The van der Waals surface area contributed by atoms with Crippen molar-refractivity contribution < 1.29 is 44.7 Å². The molecule has 0 bridgehead atoms. The van der Waals surface area contributed by atoms with Crippen LogP contribution in [0.4, 0.5) is 0 Å². The van der Waals surface area contributed by atoms with Gasteiger partial charge in [-0.05, 0) is 0 Å². The molecule has 3 unspecified atom stereocenters. The molecule has 8 N–H and O–H groups in total.